The van der Waals surface area contributed by atoms with Crippen molar-refractivity contribution in [1.29, 1.82) is 0 Å². The van der Waals surface area contributed by atoms with Crippen LogP contribution in [0.25, 0.3) is 5.69 Å². The van der Waals surface area contributed by atoms with Gasteiger partial charge in [-0.3, -0.25) is 0 Å². The van der Waals surface area contributed by atoms with Crippen LogP contribution in [0.1, 0.15) is 11.1 Å². The monoisotopic (exact) mass is 190 g/mol. The van der Waals surface area contributed by atoms with E-state index >= 15 is 0 Å². The Hall–Kier alpha value is -1.75. The predicted octanol–water partition coefficient (Wildman–Crippen LogP) is 0.463. The van der Waals surface area contributed by atoms with E-state index in [1.807, 2.05) is 25.1 Å². The molecule has 5 heteroatoms. The molecular formula is C9H10N4O. The second kappa shape index (κ2) is 3.55. The largest absolute Gasteiger partial charge is 0.392 e. The summed E-state index contributed by atoms with van der Waals surface area (Å²) < 4.78 is 1.58. The fraction of sp³-hybridized carbons (Fsp3) is 0.222. The number of aliphatic hydroxyl groups is 1. The summed E-state index contributed by atoms with van der Waals surface area (Å²) in [5, 5.41) is 19.9. The summed E-state index contributed by atoms with van der Waals surface area (Å²) in [5.41, 5.74) is 2.84. The third-order valence-electron chi connectivity index (χ3n) is 2.11. The lowest BCUT2D eigenvalue weighted by molar-refractivity contribution is 0.281. The van der Waals surface area contributed by atoms with Crippen LogP contribution < -0.4 is 0 Å². The van der Waals surface area contributed by atoms with Crippen molar-refractivity contribution in [2.24, 2.45) is 0 Å². The summed E-state index contributed by atoms with van der Waals surface area (Å²) in [6.07, 6.45) is 1.54. The zero-order chi connectivity index (χ0) is 9.97. The number of aliphatic hydroxyl groups excluding tert-OH is 1. The molecule has 0 aliphatic carbocycles. The van der Waals surface area contributed by atoms with Gasteiger partial charge in [-0.05, 0) is 40.6 Å². The quantitative estimate of drug-likeness (QED) is 0.747. The number of benzene rings is 1. The third-order valence-corrected chi connectivity index (χ3v) is 2.11. The standard InChI is InChI=1S/C9H10N4O/c1-7-4-9(3-2-8(7)5-14)13-6-10-11-12-13/h2-4,6,14H,5H2,1H3. The lowest BCUT2D eigenvalue weighted by atomic mass is 10.1. The molecule has 1 heterocycles. The molecule has 1 N–H and O–H groups in total. The first-order valence-corrected chi connectivity index (χ1v) is 4.25. The van der Waals surface area contributed by atoms with Crippen LogP contribution in [0.3, 0.4) is 0 Å². The van der Waals surface area contributed by atoms with Crippen LogP contribution in [-0.2, 0) is 6.61 Å². The SMILES string of the molecule is Cc1cc(-n2cnnn2)ccc1CO. The third kappa shape index (κ3) is 1.49. The second-order valence-electron chi connectivity index (χ2n) is 3.02. The van der Waals surface area contributed by atoms with Gasteiger partial charge in [-0.2, -0.15) is 0 Å². The number of hydrogen-bond acceptors (Lipinski definition) is 4. The van der Waals surface area contributed by atoms with E-state index in [-0.39, 0.29) is 6.61 Å². The maximum atomic E-state index is 8.99. The van der Waals surface area contributed by atoms with Crippen LogP contribution in [0, 0.1) is 6.92 Å². The minimum Gasteiger partial charge on any atom is -0.392 e. The van der Waals surface area contributed by atoms with Crippen molar-refractivity contribution < 1.29 is 5.11 Å². The zero-order valence-electron chi connectivity index (χ0n) is 7.75. The molecule has 5 nitrogen and oxygen atoms in total. The van der Waals surface area contributed by atoms with Crippen molar-refractivity contribution in [3.63, 3.8) is 0 Å². The minimum atomic E-state index is 0.0573. The summed E-state index contributed by atoms with van der Waals surface area (Å²) in [6.45, 7) is 2.00. The highest BCUT2D eigenvalue weighted by molar-refractivity contribution is 5.38. The van der Waals surface area contributed by atoms with Crippen molar-refractivity contribution in [2.45, 2.75) is 13.5 Å². The molecule has 2 aromatic rings. The molecule has 0 spiro atoms. The van der Waals surface area contributed by atoms with Crippen LogP contribution in [0.2, 0.25) is 0 Å². The molecule has 0 aliphatic rings. The number of nitrogens with zero attached hydrogens (tertiary/aromatic N) is 4. The minimum absolute atomic E-state index is 0.0573. The van der Waals surface area contributed by atoms with E-state index < -0.39 is 0 Å². The smallest absolute Gasteiger partial charge is 0.143 e. The van der Waals surface area contributed by atoms with Crippen LogP contribution >= 0.6 is 0 Å². The first-order valence-electron chi connectivity index (χ1n) is 4.25. The Kier molecular flexibility index (Phi) is 2.24. The fourth-order valence-electron chi connectivity index (χ4n) is 1.28. The summed E-state index contributed by atoms with van der Waals surface area (Å²) in [5.74, 6) is 0. The molecule has 0 unspecified atom stereocenters. The predicted molar refractivity (Wildman–Crippen MR) is 49.8 cm³/mol. The van der Waals surface area contributed by atoms with Crippen molar-refractivity contribution in [3.05, 3.63) is 35.7 Å². The van der Waals surface area contributed by atoms with Crippen molar-refractivity contribution >= 4 is 0 Å². The van der Waals surface area contributed by atoms with Crippen molar-refractivity contribution in [2.75, 3.05) is 0 Å². The van der Waals surface area contributed by atoms with Gasteiger partial charge < -0.3 is 5.11 Å². The molecule has 0 fully saturated rings. The van der Waals surface area contributed by atoms with E-state index in [2.05, 4.69) is 15.5 Å². The Balaban J connectivity index is 2.43. The summed E-state index contributed by atoms with van der Waals surface area (Å²) in [6, 6.07) is 5.67. The molecular weight excluding hydrogens is 180 g/mol. The number of rotatable bonds is 2. The topological polar surface area (TPSA) is 63.8 Å². The van der Waals surface area contributed by atoms with Gasteiger partial charge in [0.25, 0.3) is 0 Å². The summed E-state index contributed by atoms with van der Waals surface area (Å²) >= 11 is 0. The molecule has 1 aromatic heterocycles. The van der Waals surface area contributed by atoms with Crippen LogP contribution in [0.15, 0.2) is 24.5 Å². The average Bonchev–Trinajstić information content (AvgIpc) is 2.70. The van der Waals surface area contributed by atoms with Gasteiger partial charge in [-0.25, -0.2) is 4.68 Å². The molecule has 0 atom stereocenters. The van der Waals surface area contributed by atoms with Crippen LogP contribution in [-0.4, -0.2) is 25.3 Å². The fourth-order valence-corrected chi connectivity index (χ4v) is 1.28. The summed E-state index contributed by atoms with van der Waals surface area (Å²) in [4.78, 5) is 0. The maximum absolute atomic E-state index is 8.99. The van der Waals surface area contributed by atoms with E-state index in [0.717, 1.165) is 16.8 Å². The first kappa shape index (κ1) is 8.83. The molecule has 2 rings (SSSR count). The van der Waals surface area contributed by atoms with Gasteiger partial charge in [-0.1, -0.05) is 6.07 Å². The van der Waals surface area contributed by atoms with E-state index in [4.69, 9.17) is 5.11 Å². The Morgan fingerprint density at radius 1 is 1.43 bits per heavy atom. The van der Waals surface area contributed by atoms with Gasteiger partial charge >= 0.3 is 0 Å². The lowest BCUT2D eigenvalue weighted by Crippen LogP contribution is -1.97. The molecule has 0 saturated carbocycles. The average molecular weight is 190 g/mol. The van der Waals surface area contributed by atoms with E-state index in [1.165, 1.54) is 6.33 Å². The molecule has 14 heavy (non-hydrogen) atoms. The normalized spacial score (nSPS) is 10.4. The van der Waals surface area contributed by atoms with Crippen molar-refractivity contribution in [1.82, 2.24) is 20.2 Å². The highest BCUT2D eigenvalue weighted by Crippen LogP contribution is 2.13. The second-order valence-corrected chi connectivity index (χ2v) is 3.02. The Morgan fingerprint density at radius 3 is 2.86 bits per heavy atom. The molecule has 1 aromatic carbocycles. The molecule has 0 bridgehead atoms. The van der Waals surface area contributed by atoms with Crippen LogP contribution in [0.5, 0.6) is 0 Å². The van der Waals surface area contributed by atoms with Gasteiger partial charge in [0, 0.05) is 0 Å². The molecule has 0 amide bonds. The number of aryl methyl sites for hydroxylation is 1. The van der Waals surface area contributed by atoms with E-state index in [1.54, 1.807) is 4.68 Å². The zero-order valence-corrected chi connectivity index (χ0v) is 7.75. The Bertz CT molecular complexity index is 424. The molecule has 0 radical (unpaired) electrons. The highest BCUT2D eigenvalue weighted by atomic mass is 16.3. The highest BCUT2D eigenvalue weighted by Gasteiger charge is 2.01. The number of aromatic nitrogens is 4. The van der Waals surface area contributed by atoms with Gasteiger partial charge in [0.1, 0.15) is 6.33 Å². The van der Waals surface area contributed by atoms with Crippen molar-refractivity contribution in [3.8, 4) is 5.69 Å². The molecule has 0 aliphatic heterocycles. The van der Waals surface area contributed by atoms with Gasteiger partial charge in [0.05, 0.1) is 12.3 Å². The van der Waals surface area contributed by atoms with Gasteiger partial charge in [-0.15, -0.1) is 5.10 Å². The van der Waals surface area contributed by atoms with E-state index in [9.17, 15) is 0 Å². The van der Waals surface area contributed by atoms with Gasteiger partial charge in [0.15, 0.2) is 0 Å². The maximum Gasteiger partial charge on any atom is 0.143 e. The molecule has 72 valence electrons. The lowest BCUT2D eigenvalue weighted by Gasteiger charge is -2.04. The Labute approximate surface area is 81.0 Å². The number of tetrazole rings is 1. The summed E-state index contributed by atoms with van der Waals surface area (Å²) in [7, 11) is 0. The number of hydrogen-bond donors (Lipinski definition) is 1. The van der Waals surface area contributed by atoms with Gasteiger partial charge in [0.2, 0.25) is 0 Å². The van der Waals surface area contributed by atoms with Crippen LogP contribution in [0.4, 0.5) is 0 Å². The van der Waals surface area contributed by atoms with E-state index in [0.29, 0.717) is 0 Å². The molecule has 0 saturated heterocycles. The Morgan fingerprint density at radius 2 is 2.29 bits per heavy atom. The first-order chi connectivity index (χ1) is 6.81.